The number of aromatic nitrogens is 1. The fourth-order valence-corrected chi connectivity index (χ4v) is 3.72. The molecule has 0 radical (unpaired) electrons. The molecule has 10 heteroatoms. The van der Waals surface area contributed by atoms with Gasteiger partial charge in [0.25, 0.3) is 5.91 Å². The lowest BCUT2D eigenvalue weighted by atomic mass is 10.0. The molecule has 1 amide bonds. The Morgan fingerprint density at radius 2 is 1.76 bits per heavy atom. The number of rotatable bonds is 7. The fraction of sp³-hybridized carbons (Fsp3) is 0.261. The predicted molar refractivity (Wildman–Crippen MR) is 113 cm³/mol. The van der Waals surface area contributed by atoms with Crippen LogP contribution in [0.3, 0.4) is 0 Å². The van der Waals surface area contributed by atoms with E-state index in [9.17, 15) is 32.7 Å². The van der Waals surface area contributed by atoms with Gasteiger partial charge in [0.15, 0.2) is 23.2 Å². The number of amides is 1. The maximum Gasteiger partial charge on any atom is 0.305 e. The molecule has 0 aliphatic carbocycles. The number of aromatic hydroxyl groups is 1. The summed E-state index contributed by atoms with van der Waals surface area (Å²) in [4.78, 5) is 36.1. The van der Waals surface area contributed by atoms with E-state index in [0.717, 1.165) is 34.9 Å². The number of nitrogens with one attached hydrogen (secondary N) is 1. The van der Waals surface area contributed by atoms with Gasteiger partial charge in [-0.05, 0) is 50.1 Å². The van der Waals surface area contributed by atoms with Crippen LogP contribution in [0.5, 0.6) is 5.75 Å². The van der Waals surface area contributed by atoms with Gasteiger partial charge in [0.1, 0.15) is 0 Å². The van der Waals surface area contributed by atoms with Crippen LogP contribution in [-0.4, -0.2) is 38.6 Å². The fourth-order valence-electron chi connectivity index (χ4n) is 3.72. The average molecular weight is 462 g/mol. The number of hydrogen-bond acceptors (Lipinski definition) is 4. The molecule has 2 aromatic carbocycles. The molecule has 3 N–H and O–H groups in total. The van der Waals surface area contributed by atoms with Crippen molar-refractivity contribution in [3.05, 3.63) is 64.6 Å². The van der Waals surface area contributed by atoms with Crippen LogP contribution in [0.15, 0.2) is 30.3 Å². The number of carbonyl (C=O) groups excluding carboxylic acids is 2. The van der Waals surface area contributed by atoms with E-state index in [1.165, 1.54) is 0 Å². The van der Waals surface area contributed by atoms with Crippen LogP contribution < -0.4 is 5.32 Å². The molecule has 0 bridgehead atoms. The highest BCUT2D eigenvalue weighted by molar-refractivity contribution is 6.04. The Kier molecular flexibility index (Phi) is 6.75. The molecular weight excluding hydrogens is 441 g/mol. The molecule has 0 aliphatic rings. The summed E-state index contributed by atoms with van der Waals surface area (Å²) in [5, 5.41) is 21.5. The van der Waals surface area contributed by atoms with Crippen molar-refractivity contribution in [3.8, 4) is 5.75 Å². The van der Waals surface area contributed by atoms with Gasteiger partial charge in [0.05, 0.1) is 11.9 Å². The van der Waals surface area contributed by atoms with Gasteiger partial charge in [-0.15, -0.1) is 0 Å². The number of carboxylic acid groups (broad SMARTS) is 1. The number of fused-ring (bicyclic) bond motifs is 1. The number of carbonyl (C=O) groups is 3. The molecule has 1 atom stereocenters. The maximum atomic E-state index is 14.1. The van der Waals surface area contributed by atoms with E-state index in [2.05, 4.69) is 5.32 Å². The first-order chi connectivity index (χ1) is 15.5. The standard InChI is InChI=1S/C23H21F3N2O5/c1-11(7-22(31)32)27-21(30)6-4-14-12(2)28(19-10-18(26)20(29)9-15(14)19)23(33)13-3-5-16(24)17(25)8-13/h3,5,8-11,29H,4,6-7H2,1-2H3,(H,27,30)(H,31,32)/t11-/m0/s1. The second-order valence-electron chi connectivity index (χ2n) is 7.72. The van der Waals surface area contributed by atoms with E-state index in [4.69, 9.17) is 5.11 Å². The molecule has 1 aromatic heterocycles. The third-order valence-corrected chi connectivity index (χ3v) is 5.26. The zero-order chi connectivity index (χ0) is 24.4. The number of aryl methyl sites for hydroxylation is 1. The number of benzene rings is 2. The highest BCUT2D eigenvalue weighted by Gasteiger charge is 2.23. The molecule has 1 heterocycles. The van der Waals surface area contributed by atoms with Gasteiger partial charge in [-0.25, -0.2) is 13.2 Å². The van der Waals surface area contributed by atoms with Gasteiger partial charge in [-0.1, -0.05) is 0 Å². The number of halogens is 3. The Morgan fingerprint density at radius 3 is 2.39 bits per heavy atom. The first kappa shape index (κ1) is 23.8. The molecule has 0 fully saturated rings. The van der Waals surface area contributed by atoms with Gasteiger partial charge in [0, 0.05) is 35.2 Å². The van der Waals surface area contributed by atoms with Crippen molar-refractivity contribution in [1.29, 1.82) is 0 Å². The average Bonchev–Trinajstić information content (AvgIpc) is 2.98. The number of carboxylic acids is 1. The lowest BCUT2D eigenvalue weighted by Crippen LogP contribution is -2.34. The summed E-state index contributed by atoms with van der Waals surface area (Å²) in [6.45, 7) is 3.09. The first-order valence-electron chi connectivity index (χ1n) is 10.0. The number of phenols is 1. The van der Waals surface area contributed by atoms with Gasteiger partial charge >= 0.3 is 5.97 Å². The number of aliphatic carboxylic acids is 1. The van der Waals surface area contributed by atoms with Crippen LogP contribution in [0.2, 0.25) is 0 Å². The molecule has 0 saturated carbocycles. The van der Waals surface area contributed by atoms with Crippen molar-refractivity contribution in [2.24, 2.45) is 0 Å². The van der Waals surface area contributed by atoms with Crippen molar-refractivity contribution in [2.75, 3.05) is 0 Å². The second-order valence-corrected chi connectivity index (χ2v) is 7.72. The monoisotopic (exact) mass is 462 g/mol. The van der Waals surface area contributed by atoms with E-state index in [0.29, 0.717) is 16.6 Å². The zero-order valence-corrected chi connectivity index (χ0v) is 17.8. The molecule has 7 nitrogen and oxygen atoms in total. The Hall–Kier alpha value is -3.82. The molecule has 0 saturated heterocycles. The summed E-state index contributed by atoms with van der Waals surface area (Å²) in [5.41, 5.74) is 0.717. The summed E-state index contributed by atoms with van der Waals surface area (Å²) in [5.74, 6) is -6.21. The summed E-state index contributed by atoms with van der Waals surface area (Å²) in [6, 6.07) is 4.13. The van der Waals surface area contributed by atoms with Crippen molar-refractivity contribution >= 4 is 28.7 Å². The van der Waals surface area contributed by atoms with E-state index in [1.807, 2.05) is 0 Å². The van der Waals surface area contributed by atoms with Gasteiger partial charge in [-0.3, -0.25) is 19.0 Å². The van der Waals surface area contributed by atoms with Crippen LogP contribution in [0.4, 0.5) is 13.2 Å². The minimum absolute atomic E-state index is 0.0680. The summed E-state index contributed by atoms with van der Waals surface area (Å²) < 4.78 is 42.2. The smallest absolute Gasteiger partial charge is 0.305 e. The van der Waals surface area contributed by atoms with Crippen LogP contribution in [0.1, 0.15) is 41.4 Å². The van der Waals surface area contributed by atoms with Gasteiger partial charge in [-0.2, -0.15) is 0 Å². The molecule has 3 aromatic rings. The SMILES string of the molecule is Cc1c(CCC(=O)N[C@@H](C)CC(=O)O)c2cc(O)c(F)cc2n1C(=O)c1ccc(F)c(F)c1. The topological polar surface area (TPSA) is 109 Å². The normalized spacial score (nSPS) is 12.0. The van der Waals surface area contributed by atoms with Crippen LogP contribution in [-0.2, 0) is 16.0 Å². The number of nitrogens with zero attached hydrogens (tertiary/aromatic N) is 1. The van der Waals surface area contributed by atoms with E-state index < -0.39 is 47.0 Å². The van der Waals surface area contributed by atoms with Crippen molar-refractivity contribution in [2.45, 2.75) is 39.2 Å². The zero-order valence-electron chi connectivity index (χ0n) is 17.8. The summed E-state index contributed by atoms with van der Waals surface area (Å²) in [6.07, 6.45) is -0.224. The van der Waals surface area contributed by atoms with E-state index in [1.54, 1.807) is 13.8 Å². The minimum atomic E-state index is -1.22. The number of phenolic OH excluding ortho intramolecular Hbond substituents is 1. The van der Waals surface area contributed by atoms with Crippen molar-refractivity contribution < 1.29 is 37.8 Å². The van der Waals surface area contributed by atoms with Gasteiger partial charge < -0.3 is 15.5 Å². The quantitative estimate of drug-likeness (QED) is 0.497. The van der Waals surface area contributed by atoms with Crippen molar-refractivity contribution in [3.63, 3.8) is 0 Å². The second kappa shape index (κ2) is 9.35. The lowest BCUT2D eigenvalue weighted by molar-refractivity contribution is -0.137. The Balaban J connectivity index is 1.99. The van der Waals surface area contributed by atoms with Crippen LogP contribution in [0, 0.1) is 24.4 Å². The Morgan fingerprint density at radius 1 is 1.06 bits per heavy atom. The van der Waals surface area contributed by atoms with Gasteiger partial charge in [0.2, 0.25) is 5.91 Å². The van der Waals surface area contributed by atoms with Crippen LogP contribution in [0.25, 0.3) is 10.9 Å². The summed E-state index contributed by atoms with van der Waals surface area (Å²) in [7, 11) is 0. The third-order valence-electron chi connectivity index (χ3n) is 5.26. The minimum Gasteiger partial charge on any atom is -0.505 e. The van der Waals surface area contributed by atoms with Crippen LogP contribution >= 0.6 is 0 Å². The maximum absolute atomic E-state index is 14.1. The Bertz CT molecular complexity index is 1270. The predicted octanol–water partition coefficient (Wildman–Crippen LogP) is 3.67. The molecule has 174 valence electrons. The largest absolute Gasteiger partial charge is 0.505 e. The molecule has 0 spiro atoms. The molecule has 33 heavy (non-hydrogen) atoms. The van der Waals surface area contributed by atoms with Crippen molar-refractivity contribution in [1.82, 2.24) is 9.88 Å². The first-order valence-corrected chi connectivity index (χ1v) is 10.0. The Labute approximate surface area is 186 Å². The summed E-state index contributed by atoms with van der Waals surface area (Å²) >= 11 is 0. The molecule has 0 unspecified atom stereocenters. The molecule has 0 aliphatic heterocycles. The van der Waals surface area contributed by atoms with E-state index >= 15 is 0 Å². The molecule has 3 rings (SSSR count). The molecular formula is C23H21F3N2O5. The lowest BCUT2D eigenvalue weighted by Gasteiger charge is -2.11. The highest BCUT2D eigenvalue weighted by Crippen LogP contribution is 2.32. The third kappa shape index (κ3) is 5.00. The van der Waals surface area contributed by atoms with E-state index in [-0.39, 0.29) is 30.3 Å². The number of hydrogen-bond donors (Lipinski definition) is 3. The highest BCUT2D eigenvalue weighted by atomic mass is 19.2.